The predicted molar refractivity (Wildman–Crippen MR) is 66.1 cm³/mol. The lowest BCUT2D eigenvalue weighted by Crippen LogP contribution is -2.44. The number of rotatable bonds is 0. The fourth-order valence-corrected chi connectivity index (χ4v) is 2.44. The van der Waals surface area contributed by atoms with Crippen molar-refractivity contribution in [3.8, 4) is 0 Å². The number of aryl methyl sites for hydroxylation is 1. The molecule has 2 unspecified atom stereocenters. The van der Waals surface area contributed by atoms with Gasteiger partial charge in [0.2, 0.25) is 5.91 Å². The lowest BCUT2D eigenvalue weighted by Gasteiger charge is -2.25. The second kappa shape index (κ2) is 3.47. The van der Waals surface area contributed by atoms with E-state index in [1.807, 2.05) is 32.0 Å². The number of nitrogens with one attached hydrogen (secondary N) is 2. The fraction of sp³-hybridized carbons (Fsp3) is 0.462. The van der Waals surface area contributed by atoms with Crippen LogP contribution in [0.15, 0.2) is 18.2 Å². The van der Waals surface area contributed by atoms with E-state index in [0.29, 0.717) is 13.2 Å². The second-order valence-corrected chi connectivity index (χ2v) is 5.13. The third-order valence-corrected chi connectivity index (χ3v) is 3.73. The number of fused-ring (bicyclic) bond motifs is 2. The maximum Gasteiger partial charge on any atom is 0.234 e. The SMILES string of the molecule is Cc1ccc2c(c1)NC(=O)C1(C)COCC1N2. The van der Waals surface area contributed by atoms with Gasteiger partial charge in [0, 0.05) is 0 Å². The van der Waals surface area contributed by atoms with Crippen LogP contribution in [0.4, 0.5) is 11.4 Å². The van der Waals surface area contributed by atoms with Gasteiger partial charge in [-0.15, -0.1) is 0 Å². The first kappa shape index (κ1) is 10.6. The highest BCUT2D eigenvalue weighted by atomic mass is 16.5. The predicted octanol–water partition coefficient (Wildman–Crippen LogP) is 1.76. The van der Waals surface area contributed by atoms with Crippen molar-refractivity contribution in [2.24, 2.45) is 5.41 Å². The molecule has 0 aromatic heterocycles. The van der Waals surface area contributed by atoms with Crippen molar-refractivity contribution in [2.45, 2.75) is 19.9 Å². The lowest BCUT2D eigenvalue weighted by atomic mass is 9.84. The van der Waals surface area contributed by atoms with Crippen LogP contribution >= 0.6 is 0 Å². The number of anilines is 2. The standard InChI is InChI=1S/C13H16N2O2/c1-8-3-4-9-10(5-8)15-12(16)13(2)7-17-6-11(13)14-9/h3-5,11,14H,6-7H2,1-2H3,(H,15,16). The van der Waals surface area contributed by atoms with E-state index in [0.717, 1.165) is 16.9 Å². The number of ether oxygens (including phenoxy) is 1. The highest BCUT2D eigenvalue weighted by molar-refractivity contribution is 6.00. The number of benzene rings is 1. The van der Waals surface area contributed by atoms with Gasteiger partial charge in [-0.3, -0.25) is 4.79 Å². The summed E-state index contributed by atoms with van der Waals surface area (Å²) >= 11 is 0. The molecule has 1 fully saturated rings. The van der Waals surface area contributed by atoms with Crippen LogP contribution in [0.5, 0.6) is 0 Å². The average Bonchev–Trinajstić information content (AvgIpc) is 2.61. The Morgan fingerprint density at radius 3 is 3.06 bits per heavy atom. The van der Waals surface area contributed by atoms with Crippen molar-refractivity contribution in [1.29, 1.82) is 0 Å². The molecule has 2 atom stereocenters. The van der Waals surface area contributed by atoms with Gasteiger partial charge in [0.25, 0.3) is 0 Å². The Labute approximate surface area is 100 Å². The van der Waals surface area contributed by atoms with E-state index < -0.39 is 5.41 Å². The van der Waals surface area contributed by atoms with Crippen LogP contribution in [0, 0.1) is 12.3 Å². The third-order valence-electron chi connectivity index (χ3n) is 3.73. The van der Waals surface area contributed by atoms with E-state index in [1.165, 1.54) is 0 Å². The summed E-state index contributed by atoms with van der Waals surface area (Å²) in [5.41, 5.74) is 2.50. The number of hydrogen-bond donors (Lipinski definition) is 2. The van der Waals surface area contributed by atoms with E-state index in [-0.39, 0.29) is 11.9 Å². The van der Waals surface area contributed by atoms with Crippen LogP contribution in [0.2, 0.25) is 0 Å². The molecular formula is C13H16N2O2. The van der Waals surface area contributed by atoms with Gasteiger partial charge >= 0.3 is 0 Å². The minimum absolute atomic E-state index is 0.0388. The highest BCUT2D eigenvalue weighted by Gasteiger charge is 2.48. The van der Waals surface area contributed by atoms with Crippen molar-refractivity contribution in [1.82, 2.24) is 0 Å². The first-order valence-corrected chi connectivity index (χ1v) is 5.86. The molecule has 3 rings (SSSR count). The van der Waals surface area contributed by atoms with E-state index in [4.69, 9.17) is 4.74 Å². The fourth-order valence-electron chi connectivity index (χ4n) is 2.44. The molecule has 0 radical (unpaired) electrons. The molecular weight excluding hydrogens is 216 g/mol. The summed E-state index contributed by atoms with van der Waals surface area (Å²) in [5.74, 6) is 0.0388. The minimum atomic E-state index is -0.479. The van der Waals surface area contributed by atoms with Crippen molar-refractivity contribution < 1.29 is 9.53 Å². The number of carbonyl (C=O) groups excluding carboxylic acids is 1. The second-order valence-electron chi connectivity index (χ2n) is 5.13. The Bertz CT molecular complexity index is 486. The monoisotopic (exact) mass is 232 g/mol. The topological polar surface area (TPSA) is 50.4 Å². The highest BCUT2D eigenvalue weighted by Crippen LogP contribution is 2.38. The van der Waals surface area contributed by atoms with Gasteiger partial charge < -0.3 is 15.4 Å². The van der Waals surface area contributed by atoms with Gasteiger partial charge in [-0.1, -0.05) is 6.07 Å². The average molecular weight is 232 g/mol. The van der Waals surface area contributed by atoms with E-state index >= 15 is 0 Å². The lowest BCUT2D eigenvalue weighted by molar-refractivity contribution is -0.124. The smallest absolute Gasteiger partial charge is 0.234 e. The molecule has 0 bridgehead atoms. The minimum Gasteiger partial charge on any atom is -0.378 e. The normalized spacial score (nSPS) is 30.9. The Morgan fingerprint density at radius 1 is 1.41 bits per heavy atom. The quantitative estimate of drug-likeness (QED) is 0.716. The molecule has 17 heavy (non-hydrogen) atoms. The van der Waals surface area contributed by atoms with Gasteiger partial charge in [0.05, 0.1) is 36.0 Å². The molecule has 90 valence electrons. The van der Waals surface area contributed by atoms with Crippen molar-refractivity contribution in [3.63, 3.8) is 0 Å². The van der Waals surface area contributed by atoms with Crippen LogP contribution in [0.3, 0.4) is 0 Å². The molecule has 1 amide bonds. The van der Waals surface area contributed by atoms with E-state index in [1.54, 1.807) is 0 Å². The number of hydrogen-bond acceptors (Lipinski definition) is 3. The molecule has 4 heteroatoms. The molecule has 0 spiro atoms. The Morgan fingerprint density at radius 2 is 2.24 bits per heavy atom. The van der Waals surface area contributed by atoms with Gasteiger partial charge in [-0.25, -0.2) is 0 Å². The van der Waals surface area contributed by atoms with Gasteiger partial charge in [0.1, 0.15) is 0 Å². The number of carbonyl (C=O) groups is 1. The maximum atomic E-state index is 12.3. The van der Waals surface area contributed by atoms with Gasteiger partial charge in [-0.2, -0.15) is 0 Å². The number of amides is 1. The summed E-state index contributed by atoms with van der Waals surface area (Å²) in [6, 6.07) is 6.09. The van der Waals surface area contributed by atoms with Crippen LogP contribution in [0.1, 0.15) is 12.5 Å². The Hall–Kier alpha value is -1.55. The summed E-state index contributed by atoms with van der Waals surface area (Å²) in [6.07, 6.45) is 0. The van der Waals surface area contributed by atoms with Crippen LogP contribution in [0.25, 0.3) is 0 Å². The zero-order valence-corrected chi connectivity index (χ0v) is 10.0. The molecule has 0 aliphatic carbocycles. The first-order valence-electron chi connectivity index (χ1n) is 5.86. The molecule has 2 aliphatic rings. The largest absolute Gasteiger partial charge is 0.378 e. The van der Waals surface area contributed by atoms with E-state index in [9.17, 15) is 4.79 Å². The van der Waals surface area contributed by atoms with Crippen LogP contribution in [-0.4, -0.2) is 25.2 Å². The zero-order valence-electron chi connectivity index (χ0n) is 10.0. The molecule has 1 aromatic carbocycles. The third kappa shape index (κ3) is 1.52. The zero-order chi connectivity index (χ0) is 12.0. The van der Waals surface area contributed by atoms with Crippen molar-refractivity contribution in [3.05, 3.63) is 23.8 Å². The summed E-state index contributed by atoms with van der Waals surface area (Å²) in [4.78, 5) is 12.3. The summed E-state index contributed by atoms with van der Waals surface area (Å²) < 4.78 is 5.44. The van der Waals surface area contributed by atoms with Gasteiger partial charge in [-0.05, 0) is 31.5 Å². The molecule has 2 aliphatic heterocycles. The Balaban J connectivity index is 2.06. The Kier molecular flexibility index (Phi) is 2.16. The van der Waals surface area contributed by atoms with Crippen LogP contribution in [-0.2, 0) is 9.53 Å². The van der Waals surface area contributed by atoms with Crippen molar-refractivity contribution >= 4 is 17.3 Å². The molecule has 4 nitrogen and oxygen atoms in total. The molecule has 0 saturated carbocycles. The van der Waals surface area contributed by atoms with Crippen molar-refractivity contribution in [2.75, 3.05) is 23.8 Å². The molecule has 2 N–H and O–H groups in total. The summed E-state index contributed by atoms with van der Waals surface area (Å²) in [5, 5.41) is 6.40. The van der Waals surface area contributed by atoms with Gasteiger partial charge in [0.15, 0.2) is 0 Å². The summed E-state index contributed by atoms with van der Waals surface area (Å²) in [6.45, 7) is 5.02. The van der Waals surface area contributed by atoms with E-state index in [2.05, 4.69) is 10.6 Å². The summed E-state index contributed by atoms with van der Waals surface area (Å²) in [7, 11) is 0. The molecule has 1 aromatic rings. The first-order chi connectivity index (χ1) is 8.09. The maximum absolute atomic E-state index is 12.3. The molecule has 2 heterocycles. The molecule has 1 saturated heterocycles. The van der Waals surface area contributed by atoms with Crippen LogP contribution < -0.4 is 10.6 Å².